The SMILES string of the molecule is CC(C)c1cccc(C2(NC[C@@H](O)[C@H](Cc3cc(F)cc(F)c3)NC(=O)CF)CCCCC2)c1. The fraction of sp³-hybridized carbons (Fsp3) is 0.519. The van der Waals surface area contributed by atoms with Crippen molar-refractivity contribution in [3.05, 3.63) is 70.8 Å². The molecule has 3 N–H and O–H groups in total. The summed E-state index contributed by atoms with van der Waals surface area (Å²) in [5.74, 6) is -1.98. The number of alkyl halides is 1. The molecule has 0 spiro atoms. The molecule has 0 aliphatic heterocycles. The highest BCUT2D eigenvalue weighted by Crippen LogP contribution is 2.38. The minimum Gasteiger partial charge on any atom is -0.390 e. The maximum atomic E-state index is 13.7. The summed E-state index contributed by atoms with van der Waals surface area (Å²) >= 11 is 0. The predicted molar refractivity (Wildman–Crippen MR) is 127 cm³/mol. The van der Waals surface area contributed by atoms with Crippen LogP contribution in [0.4, 0.5) is 13.2 Å². The van der Waals surface area contributed by atoms with Gasteiger partial charge in [0.15, 0.2) is 6.67 Å². The third kappa shape index (κ3) is 6.83. The molecule has 4 nitrogen and oxygen atoms in total. The smallest absolute Gasteiger partial charge is 0.251 e. The Morgan fingerprint density at radius 2 is 1.74 bits per heavy atom. The number of benzene rings is 2. The lowest BCUT2D eigenvalue weighted by molar-refractivity contribution is -0.123. The number of carbonyl (C=O) groups is 1. The van der Waals surface area contributed by atoms with Gasteiger partial charge in [-0.2, -0.15) is 0 Å². The van der Waals surface area contributed by atoms with Gasteiger partial charge in [-0.1, -0.05) is 57.4 Å². The molecule has 0 saturated heterocycles. The minimum atomic E-state index is -1.24. The van der Waals surface area contributed by atoms with Gasteiger partial charge in [-0.05, 0) is 54.0 Å². The highest BCUT2D eigenvalue weighted by Gasteiger charge is 2.35. The molecule has 34 heavy (non-hydrogen) atoms. The van der Waals surface area contributed by atoms with E-state index in [1.165, 1.54) is 11.1 Å². The molecule has 1 aliphatic rings. The van der Waals surface area contributed by atoms with Gasteiger partial charge in [0.25, 0.3) is 5.91 Å². The van der Waals surface area contributed by atoms with Crippen molar-refractivity contribution in [2.75, 3.05) is 13.2 Å². The molecule has 0 aromatic heterocycles. The van der Waals surface area contributed by atoms with Crippen LogP contribution in [0.25, 0.3) is 0 Å². The van der Waals surface area contributed by atoms with Gasteiger partial charge in [0, 0.05) is 18.2 Å². The van der Waals surface area contributed by atoms with E-state index < -0.39 is 36.4 Å². The van der Waals surface area contributed by atoms with Gasteiger partial charge in [0.1, 0.15) is 11.6 Å². The van der Waals surface area contributed by atoms with Crippen LogP contribution in [0.2, 0.25) is 0 Å². The standard InChI is InChI=1S/C27H35F3N2O2/c1-18(2)20-7-6-8-21(14-20)27(9-4-3-5-10-27)31-17-25(33)24(32-26(34)16-28)13-19-11-22(29)15-23(30)12-19/h6-8,11-12,14-15,18,24-25,31,33H,3-5,9-10,13,16-17H2,1-2H3,(H,32,34)/t24-,25+/m0/s1. The first-order valence-corrected chi connectivity index (χ1v) is 12.1. The number of amides is 1. The molecule has 186 valence electrons. The molecule has 0 heterocycles. The van der Waals surface area contributed by atoms with E-state index in [4.69, 9.17) is 0 Å². The van der Waals surface area contributed by atoms with E-state index in [0.717, 1.165) is 50.3 Å². The second-order valence-corrected chi connectivity index (χ2v) is 9.66. The molecular formula is C27H35F3N2O2. The van der Waals surface area contributed by atoms with Crippen molar-refractivity contribution in [3.8, 4) is 0 Å². The lowest BCUT2D eigenvalue weighted by Gasteiger charge is -2.40. The molecule has 2 atom stereocenters. The number of hydrogen-bond acceptors (Lipinski definition) is 3. The van der Waals surface area contributed by atoms with Crippen LogP contribution in [-0.2, 0) is 16.8 Å². The van der Waals surface area contributed by atoms with E-state index in [1.54, 1.807) is 0 Å². The maximum absolute atomic E-state index is 13.7. The molecule has 1 saturated carbocycles. The molecule has 1 fully saturated rings. The van der Waals surface area contributed by atoms with E-state index in [2.05, 4.69) is 48.7 Å². The topological polar surface area (TPSA) is 61.4 Å². The molecular weight excluding hydrogens is 441 g/mol. The van der Waals surface area contributed by atoms with Gasteiger partial charge in [0.2, 0.25) is 0 Å². The second-order valence-electron chi connectivity index (χ2n) is 9.66. The first-order valence-electron chi connectivity index (χ1n) is 12.1. The Hall–Kier alpha value is -2.38. The summed E-state index contributed by atoms with van der Waals surface area (Å²) in [6.45, 7) is 3.20. The summed E-state index contributed by atoms with van der Waals surface area (Å²) in [6, 6.07) is 10.6. The number of aliphatic hydroxyl groups excluding tert-OH is 1. The maximum Gasteiger partial charge on any atom is 0.251 e. The Morgan fingerprint density at radius 3 is 2.35 bits per heavy atom. The number of carbonyl (C=O) groups excluding carboxylic acids is 1. The van der Waals surface area contributed by atoms with Gasteiger partial charge in [-0.3, -0.25) is 4.79 Å². The number of halogens is 3. The van der Waals surface area contributed by atoms with Crippen molar-refractivity contribution in [3.63, 3.8) is 0 Å². The molecule has 0 unspecified atom stereocenters. The number of hydrogen-bond donors (Lipinski definition) is 3. The zero-order valence-corrected chi connectivity index (χ0v) is 19.9. The monoisotopic (exact) mass is 476 g/mol. The quantitative estimate of drug-likeness (QED) is 0.457. The van der Waals surface area contributed by atoms with Gasteiger partial charge < -0.3 is 15.7 Å². The lowest BCUT2D eigenvalue weighted by Crippen LogP contribution is -2.53. The normalized spacial score (nSPS) is 17.4. The van der Waals surface area contributed by atoms with E-state index >= 15 is 0 Å². The van der Waals surface area contributed by atoms with Crippen LogP contribution in [0, 0.1) is 11.6 Å². The van der Waals surface area contributed by atoms with Crippen LogP contribution in [0.3, 0.4) is 0 Å². The lowest BCUT2D eigenvalue weighted by atomic mass is 9.75. The third-order valence-electron chi connectivity index (χ3n) is 6.77. The fourth-order valence-corrected chi connectivity index (χ4v) is 4.87. The van der Waals surface area contributed by atoms with Crippen LogP contribution in [-0.4, -0.2) is 36.4 Å². The highest BCUT2D eigenvalue weighted by atomic mass is 19.1. The van der Waals surface area contributed by atoms with Crippen LogP contribution < -0.4 is 10.6 Å². The first kappa shape index (κ1) is 26.2. The molecule has 1 aliphatic carbocycles. The van der Waals surface area contributed by atoms with E-state index in [-0.39, 0.29) is 24.1 Å². The summed E-state index contributed by atoms with van der Waals surface area (Å²) in [5, 5.41) is 17.0. The predicted octanol–water partition coefficient (Wildman–Crippen LogP) is 4.90. The van der Waals surface area contributed by atoms with Gasteiger partial charge >= 0.3 is 0 Å². The summed E-state index contributed by atoms with van der Waals surface area (Å²) < 4.78 is 40.2. The van der Waals surface area contributed by atoms with E-state index in [9.17, 15) is 23.1 Å². The van der Waals surface area contributed by atoms with Crippen molar-refractivity contribution in [2.45, 2.75) is 76.0 Å². The van der Waals surface area contributed by atoms with Gasteiger partial charge in [-0.15, -0.1) is 0 Å². The molecule has 0 bridgehead atoms. The Labute approximate surface area is 200 Å². The van der Waals surface area contributed by atoms with E-state index in [0.29, 0.717) is 5.92 Å². The highest BCUT2D eigenvalue weighted by molar-refractivity contribution is 5.77. The Bertz CT molecular complexity index is 940. The number of aliphatic hydroxyl groups is 1. The summed E-state index contributed by atoms with van der Waals surface area (Å²) in [6.07, 6.45) is 3.97. The molecule has 1 amide bonds. The largest absolute Gasteiger partial charge is 0.390 e. The van der Waals surface area contributed by atoms with Crippen LogP contribution >= 0.6 is 0 Å². The average Bonchev–Trinajstić information content (AvgIpc) is 2.82. The molecule has 3 rings (SSSR count). The Kier molecular flexibility index (Phi) is 9.14. The molecule has 2 aromatic rings. The number of rotatable bonds is 10. The number of nitrogens with one attached hydrogen (secondary N) is 2. The third-order valence-corrected chi connectivity index (χ3v) is 6.77. The summed E-state index contributed by atoms with van der Waals surface area (Å²) in [7, 11) is 0. The van der Waals surface area contributed by atoms with Crippen molar-refractivity contribution in [1.29, 1.82) is 0 Å². The van der Waals surface area contributed by atoms with Crippen molar-refractivity contribution in [1.82, 2.24) is 10.6 Å². The van der Waals surface area contributed by atoms with E-state index in [1.807, 2.05) is 0 Å². The van der Waals surface area contributed by atoms with Crippen LogP contribution in [0.5, 0.6) is 0 Å². The Balaban J connectivity index is 1.80. The molecule has 0 radical (unpaired) electrons. The van der Waals surface area contributed by atoms with Gasteiger partial charge in [0.05, 0.1) is 12.1 Å². The Morgan fingerprint density at radius 1 is 1.06 bits per heavy atom. The summed E-state index contributed by atoms with van der Waals surface area (Å²) in [4.78, 5) is 11.8. The average molecular weight is 477 g/mol. The van der Waals surface area contributed by atoms with Crippen molar-refractivity contribution >= 4 is 5.91 Å². The van der Waals surface area contributed by atoms with Crippen molar-refractivity contribution < 1.29 is 23.1 Å². The minimum absolute atomic E-state index is 0.0287. The fourth-order valence-electron chi connectivity index (χ4n) is 4.87. The van der Waals surface area contributed by atoms with Crippen LogP contribution in [0.15, 0.2) is 42.5 Å². The second kappa shape index (κ2) is 11.8. The van der Waals surface area contributed by atoms with Crippen molar-refractivity contribution in [2.24, 2.45) is 0 Å². The molecule has 2 aromatic carbocycles. The molecule has 7 heteroatoms. The zero-order valence-electron chi connectivity index (χ0n) is 19.9. The summed E-state index contributed by atoms with van der Waals surface area (Å²) in [5.41, 5.74) is 2.37. The zero-order chi connectivity index (χ0) is 24.7. The van der Waals surface area contributed by atoms with Crippen LogP contribution in [0.1, 0.15) is 68.6 Å². The first-order chi connectivity index (χ1) is 16.2. The van der Waals surface area contributed by atoms with Gasteiger partial charge in [-0.25, -0.2) is 13.2 Å².